The van der Waals surface area contributed by atoms with Crippen LogP contribution in [0.1, 0.15) is 5.56 Å². The van der Waals surface area contributed by atoms with Crippen molar-refractivity contribution in [1.29, 1.82) is 0 Å². The maximum absolute atomic E-state index is 12.0. The molecular weight excluding hydrogens is 274 g/mol. The first kappa shape index (κ1) is 12.5. The molecular formula is C15H10ClN3O. The van der Waals surface area contributed by atoms with Crippen molar-refractivity contribution in [2.75, 3.05) is 0 Å². The number of benzene rings is 2. The van der Waals surface area contributed by atoms with Gasteiger partial charge in [-0.25, -0.2) is 9.64 Å². The lowest BCUT2D eigenvalue weighted by Gasteiger charge is -2.04. The second-order valence-corrected chi connectivity index (χ2v) is 4.89. The van der Waals surface area contributed by atoms with E-state index < -0.39 is 0 Å². The van der Waals surface area contributed by atoms with Crippen LogP contribution in [0.25, 0.3) is 15.9 Å². The molecule has 1 heterocycles. The number of fused-ring (bicyclic) bond motifs is 1. The maximum Gasteiger partial charge on any atom is 0.326 e. The summed E-state index contributed by atoms with van der Waals surface area (Å²) in [6.45, 7) is 7.37. The molecule has 0 amide bonds. The number of H-pyrrole nitrogens is 1. The quantitative estimate of drug-likeness (QED) is 0.718. The van der Waals surface area contributed by atoms with E-state index in [1.165, 1.54) is 0 Å². The first-order valence-electron chi connectivity index (χ1n) is 6.02. The van der Waals surface area contributed by atoms with Crippen molar-refractivity contribution in [3.63, 3.8) is 0 Å². The molecule has 0 atom stereocenters. The molecule has 0 fully saturated rings. The van der Waals surface area contributed by atoms with Gasteiger partial charge in [-0.2, -0.15) is 0 Å². The van der Waals surface area contributed by atoms with Crippen molar-refractivity contribution in [3.05, 3.63) is 75.0 Å². The number of aromatic nitrogens is 2. The Bertz CT molecular complexity index is 869. The molecule has 4 nitrogen and oxygen atoms in total. The average molecular weight is 284 g/mol. The number of aromatic amines is 1. The summed E-state index contributed by atoms with van der Waals surface area (Å²) in [7, 11) is 0. The van der Waals surface area contributed by atoms with Crippen LogP contribution in [0.15, 0.2) is 47.3 Å². The van der Waals surface area contributed by atoms with Gasteiger partial charge in [-0.15, -0.1) is 0 Å². The number of imidazole rings is 1. The first-order valence-corrected chi connectivity index (χ1v) is 6.39. The van der Waals surface area contributed by atoms with E-state index in [-0.39, 0.29) is 5.69 Å². The molecule has 2 aromatic carbocycles. The van der Waals surface area contributed by atoms with Gasteiger partial charge in [0.15, 0.2) is 5.69 Å². The van der Waals surface area contributed by atoms with E-state index in [0.717, 1.165) is 16.6 Å². The number of hydrogen-bond acceptors (Lipinski definition) is 1. The van der Waals surface area contributed by atoms with Crippen molar-refractivity contribution in [3.8, 4) is 0 Å². The van der Waals surface area contributed by atoms with E-state index >= 15 is 0 Å². The van der Waals surface area contributed by atoms with Crippen molar-refractivity contribution in [2.45, 2.75) is 6.54 Å². The van der Waals surface area contributed by atoms with Crippen LogP contribution in [0.5, 0.6) is 0 Å². The van der Waals surface area contributed by atoms with Crippen LogP contribution >= 0.6 is 11.6 Å². The highest BCUT2D eigenvalue weighted by atomic mass is 35.5. The fourth-order valence-electron chi connectivity index (χ4n) is 2.14. The molecule has 3 rings (SSSR count). The lowest BCUT2D eigenvalue weighted by Crippen LogP contribution is -2.17. The van der Waals surface area contributed by atoms with Gasteiger partial charge in [-0.05, 0) is 23.8 Å². The molecule has 3 aromatic rings. The van der Waals surface area contributed by atoms with Crippen molar-refractivity contribution in [2.24, 2.45) is 0 Å². The highest BCUT2D eigenvalue weighted by molar-refractivity contribution is 6.31. The van der Waals surface area contributed by atoms with E-state index in [1.807, 2.05) is 12.1 Å². The van der Waals surface area contributed by atoms with Crippen molar-refractivity contribution >= 4 is 28.3 Å². The van der Waals surface area contributed by atoms with Crippen LogP contribution in [-0.2, 0) is 6.54 Å². The molecule has 1 aromatic heterocycles. The Kier molecular flexibility index (Phi) is 3.05. The summed E-state index contributed by atoms with van der Waals surface area (Å²) in [6.07, 6.45) is 0. The Morgan fingerprint density at radius 1 is 1.20 bits per heavy atom. The number of nitrogens with zero attached hydrogens (tertiary/aromatic N) is 2. The van der Waals surface area contributed by atoms with E-state index in [2.05, 4.69) is 9.83 Å². The molecule has 0 spiro atoms. The molecule has 0 saturated carbocycles. The van der Waals surface area contributed by atoms with Gasteiger partial charge in [-0.3, -0.25) is 4.57 Å². The number of halogens is 1. The predicted molar refractivity (Wildman–Crippen MR) is 79.4 cm³/mol. The molecule has 0 radical (unpaired) electrons. The van der Waals surface area contributed by atoms with E-state index in [0.29, 0.717) is 17.3 Å². The normalized spacial score (nSPS) is 10.6. The molecule has 0 bridgehead atoms. The molecule has 1 N–H and O–H groups in total. The van der Waals surface area contributed by atoms with Crippen molar-refractivity contribution in [1.82, 2.24) is 9.55 Å². The van der Waals surface area contributed by atoms with Gasteiger partial charge >= 0.3 is 5.69 Å². The van der Waals surface area contributed by atoms with Crippen LogP contribution in [0, 0.1) is 6.57 Å². The van der Waals surface area contributed by atoms with Crippen LogP contribution in [0.3, 0.4) is 0 Å². The summed E-state index contributed by atoms with van der Waals surface area (Å²) in [4.78, 5) is 18.1. The Morgan fingerprint density at radius 2 is 1.95 bits per heavy atom. The smallest absolute Gasteiger partial charge is 0.306 e. The number of rotatable bonds is 2. The molecule has 0 unspecified atom stereocenters. The predicted octanol–water partition coefficient (Wildman–Crippen LogP) is 3.58. The van der Waals surface area contributed by atoms with E-state index in [4.69, 9.17) is 18.2 Å². The van der Waals surface area contributed by atoms with Gasteiger partial charge in [0.2, 0.25) is 0 Å². The molecule has 0 aliphatic carbocycles. The second-order valence-electron chi connectivity index (χ2n) is 4.46. The second kappa shape index (κ2) is 4.87. The fourth-order valence-corrected chi connectivity index (χ4v) is 2.31. The Labute approximate surface area is 120 Å². The minimum atomic E-state index is -0.170. The zero-order valence-electron chi connectivity index (χ0n) is 10.4. The lowest BCUT2D eigenvalue weighted by molar-refractivity contribution is 0.787. The van der Waals surface area contributed by atoms with Crippen LogP contribution in [0.2, 0.25) is 5.02 Å². The summed E-state index contributed by atoms with van der Waals surface area (Å²) in [6, 6.07) is 12.5. The summed E-state index contributed by atoms with van der Waals surface area (Å²) < 4.78 is 1.63. The first-order chi connectivity index (χ1) is 9.67. The fraction of sp³-hybridized carbons (Fsp3) is 0.0667. The highest BCUT2D eigenvalue weighted by Gasteiger charge is 2.07. The summed E-state index contributed by atoms with van der Waals surface area (Å²) in [5.74, 6) is 0. The highest BCUT2D eigenvalue weighted by Crippen LogP contribution is 2.18. The maximum atomic E-state index is 12.0. The van der Waals surface area contributed by atoms with Gasteiger partial charge in [-0.1, -0.05) is 35.9 Å². The van der Waals surface area contributed by atoms with Crippen LogP contribution in [0.4, 0.5) is 5.69 Å². The standard InChI is InChI=1S/C15H10ClN3O/c1-17-12-5-2-10(3-6-12)9-19-14-8-11(16)4-7-13(14)18-15(19)20/h2-8H,9H2,(H,18,20). The van der Waals surface area contributed by atoms with Crippen LogP contribution < -0.4 is 5.69 Å². The van der Waals surface area contributed by atoms with Gasteiger partial charge in [0, 0.05) is 5.02 Å². The molecule has 5 heteroatoms. The Morgan fingerprint density at radius 3 is 2.65 bits per heavy atom. The van der Waals surface area contributed by atoms with Gasteiger partial charge in [0.05, 0.1) is 24.2 Å². The number of nitrogens with one attached hydrogen (secondary N) is 1. The summed E-state index contributed by atoms with van der Waals surface area (Å²) in [5, 5.41) is 0.591. The summed E-state index contributed by atoms with van der Waals surface area (Å²) in [5.41, 5.74) is 2.91. The van der Waals surface area contributed by atoms with Gasteiger partial charge in [0.1, 0.15) is 0 Å². The Hall–Kier alpha value is -2.51. The van der Waals surface area contributed by atoms with E-state index in [1.54, 1.807) is 34.9 Å². The third-order valence-electron chi connectivity index (χ3n) is 3.14. The lowest BCUT2D eigenvalue weighted by atomic mass is 10.2. The van der Waals surface area contributed by atoms with Gasteiger partial charge in [0.25, 0.3) is 0 Å². The summed E-state index contributed by atoms with van der Waals surface area (Å²) >= 11 is 5.98. The molecule has 20 heavy (non-hydrogen) atoms. The van der Waals surface area contributed by atoms with Crippen LogP contribution in [-0.4, -0.2) is 9.55 Å². The zero-order chi connectivity index (χ0) is 14.1. The molecule has 98 valence electrons. The molecule has 0 saturated heterocycles. The van der Waals surface area contributed by atoms with E-state index in [9.17, 15) is 4.79 Å². The largest absolute Gasteiger partial charge is 0.326 e. The average Bonchev–Trinajstić information content (AvgIpc) is 2.76. The van der Waals surface area contributed by atoms with Crippen molar-refractivity contribution < 1.29 is 0 Å². The molecule has 0 aliphatic rings. The molecule has 0 aliphatic heterocycles. The topological polar surface area (TPSA) is 42.1 Å². The third kappa shape index (κ3) is 2.20. The Balaban J connectivity index is 2.05. The minimum absolute atomic E-state index is 0.170. The zero-order valence-corrected chi connectivity index (χ0v) is 11.2. The third-order valence-corrected chi connectivity index (χ3v) is 3.38. The number of hydrogen-bond donors (Lipinski definition) is 1. The SMILES string of the molecule is [C-]#[N+]c1ccc(Cn2c(=O)[nH]c3ccc(Cl)cc32)cc1. The van der Waals surface area contributed by atoms with Gasteiger partial charge < -0.3 is 4.98 Å². The minimum Gasteiger partial charge on any atom is -0.306 e. The monoisotopic (exact) mass is 283 g/mol.